The van der Waals surface area contributed by atoms with Gasteiger partial charge in [-0.05, 0) is 25.2 Å². The van der Waals surface area contributed by atoms with Crippen molar-refractivity contribution < 1.29 is 14.7 Å². The van der Waals surface area contributed by atoms with Crippen LogP contribution in [0.5, 0.6) is 0 Å². The molecule has 0 rings (SSSR count). The summed E-state index contributed by atoms with van der Waals surface area (Å²) in [5.74, 6) is -0.0633. The summed E-state index contributed by atoms with van der Waals surface area (Å²) in [6.45, 7) is 7.81. The Kier molecular flexibility index (Phi) is 7.44. The number of nitrogens with two attached hydrogens (primary N) is 1. The Morgan fingerprint density at radius 3 is 2.16 bits per heavy atom. The third kappa shape index (κ3) is 7.00. The summed E-state index contributed by atoms with van der Waals surface area (Å²) < 4.78 is 0. The van der Waals surface area contributed by atoms with E-state index in [2.05, 4.69) is 10.6 Å². The summed E-state index contributed by atoms with van der Waals surface area (Å²) in [5, 5.41) is 15.2. The van der Waals surface area contributed by atoms with Crippen molar-refractivity contribution in [3.63, 3.8) is 0 Å². The summed E-state index contributed by atoms with van der Waals surface area (Å²) in [7, 11) is 0. The number of urea groups is 1. The van der Waals surface area contributed by atoms with Gasteiger partial charge in [0.2, 0.25) is 5.91 Å². The predicted octanol–water partition coefficient (Wildman–Crippen LogP) is 0.737. The third-order valence-corrected chi connectivity index (χ3v) is 3.25. The number of hydrogen-bond donors (Lipinski definition) is 4. The standard InChI is InChI=1S/C13H27N3O3/c1-5-13(19,6-2)8-15-11(17)10(7-9(3)4)16-12(14)18/h9-10,19H,5-8H2,1-4H3,(H,15,17)(H3,14,16,18). The second-order valence-electron chi connectivity index (χ2n) is 5.34. The van der Waals surface area contributed by atoms with Crippen LogP contribution in [0, 0.1) is 5.92 Å². The van der Waals surface area contributed by atoms with Gasteiger partial charge >= 0.3 is 6.03 Å². The van der Waals surface area contributed by atoms with Crippen molar-refractivity contribution in [2.75, 3.05) is 6.54 Å². The number of hydrogen-bond acceptors (Lipinski definition) is 3. The molecular weight excluding hydrogens is 246 g/mol. The molecule has 0 aliphatic carbocycles. The molecule has 0 fully saturated rings. The van der Waals surface area contributed by atoms with Crippen LogP contribution in [0.25, 0.3) is 0 Å². The van der Waals surface area contributed by atoms with Crippen LogP contribution in [0.3, 0.4) is 0 Å². The summed E-state index contributed by atoms with van der Waals surface area (Å²) in [6, 6.07) is -1.38. The number of aliphatic hydroxyl groups is 1. The van der Waals surface area contributed by atoms with Gasteiger partial charge in [0.15, 0.2) is 0 Å². The fourth-order valence-electron chi connectivity index (χ4n) is 1.75. The molecule has 19 heavy (non-hydrogen) atoms. The van der Waals surface area contributed by atoms with Crippen LogP contribution in [0.1, 0.15) is 47.0 Å². The smallest absolute Gasteiger partial charge is 0.312 e. The Hall–Kier alpha value is -1.30. The molecule has 0 saturated carbocycles. The normalized spacial score (nSPS) is 13.2. The predicted molar refractivity (Wildman–Crippen MR) is 74.5 cm³/mol. The molecule has 1 atom stereocenters. The number of primary amides is 1. The lowest BCUT2D eigenvalue weighted by molar-refractivity contribution is -0.124. The second kappa shape index (κ2) is 7.99. The van der Waals surface area contributed by atoms with Gasteiger partial charge in [-0.3, -0.25) is 4.79 Å². The highest BCUT2D eigenvalue weighted by atomic mass is 16.3. The molecule has 0 aromatic carbocycles. The van der Waals surface area contributed by atoms with E-state index in [1.807, 2.05) is 27.7 Å². The molecule has 0 spiro atoms. The van der Waals surface area contributed by atoms with Crippen LogP contribution in [0.2, 0.25) is 0 Å². The van der Waals surface area contributed by atoms with Crippen molar-refractivity contribution >= 4 is 11.9 Å². The van der Waals surface area contributed by atoms with Gasteiger partial charge in [0.25, 0.3) is 0 Å². The number of nitrogens with one attached hydrogen (secondary N) is 2. The van der Waals surface area contributed by atoms with Crippen molar-refractivity contribution in [3.8, 4) is 0 Å². The highest BCUT2D eigenvalue weighted by Gasteiger charge is 2.26. The topological polar surface area (TPSA) is 104 Å². The van der Waals surface area contributed by atoms with Gasteiger partial charge in [0, 0.05) is 6.54 Å². The van der Waals surface area contributed by atoms with Crippen LogP contribution in [0.4, 0.5) is 4.79 Å². The second-order valence-corrected chi connectivity index (χ2v) is 5.34. The number of rotatable bonds is 8. The van der Waals surface area contributed by atoms with Crippen molar-refractivity contribution in [1.29, 1.82) is 0 Å². The Labute approximate surface area is 115 Å². The average Bonchev–Trinajstić information content (AvgIpc) is 2.33. The summed E-state index contributed by atoms with van der Waals surface area (Å²) >= 11 is 0. The van der Waals surface area contributed by atoms with Crippen molar-refractivity contribution in [3.05, 3.63) is 0 Å². The van der Waals surface area contributed by atoms with Crippen molar-refractivity contribution in [1.82, 2.24) is 10.6 Å². The monoisotopic (exact) mass is 273 g/mol. The zero-order chi connectivity index (χ0) is 15.1. The van der Waals surface area contributed by atoms with E-state index < -0.39 is 17.7 Å². The molecule has 0 aromatic heterocycles. The van der Waals surface area contributed by atoms with E-state index in [0.29, 0.717) is 19.3 Å². The summed E-state index contributed by atoms with van der Waals surface area (Å²) in [4.78, 5) is 22.9. The molecule has 0 aliphatic heterocycles. The maximum atomic E-state index is 12.0. The highest BCUT2D eigenvalue weighted by Crippen LogP contribution is 2.13. The van der Waals surface area contributed by atoms with Gasteiger partial charge in [-0.15, -0.1) is 0 Å². The Morgan fingerprint density at radius 2 is 1.79 bits per heavy atom. The van der Waals surface area contributed by atoms with Gasteiger partial charge < -0.3 is 21.5 Å². The first kappa shape index (κ1) is 17.7. The molecule has 1 unspecified atom stereocenters. The molecule has 0 radical (unpaired) electrons. The lowest BCUT2D eigenvalue weighted by Gasteiger charge is -2.27. The summed E-state index contributed by atoms with van der Waals surface area (Å²) in [6.07, 6.45) is 1.62. The van der Waals surface area contributed by atoms with Gasteiger partial charge in [0.05, 0.1) is 5.60 Å². The first-order valence-corrected chi connectivity index (χ1v) is 6.80. The Morgan fingerprint density at radius 1 is 1.26 bits per heavy atom. The molecule has 0 aromatic rings. The van der Waals surface area contributed by atoms with Crippen molar-refractivity contribution in [2.45, 2.75) is 58.6 Å². The van der Waals surface area contributed by atoms with Crippen LogP contribution in [-0.4, -0.2) is 35.2 Å². The summed E-state index contributed by atoms with van der Waals surface area (Å²) in [5.41, 5.74) is 4.16. The van der Waals surface area contributed by atoms with E-state index in [0.717, 1.165) is 0 Å². The van der Waals surface area contributed by atoms with E-state index >= 15 is 0 Å². The molecule has 112 valence electrons. The number of carbonyl (C=O) groups excluding carboxylic acids is 2. The largest absolute Gasteiger partial charge is 0.388 e. The van der Waals surface area contributed by atoms with E-state index in [4.69, 9.17) is 5.73 Å². The molecule has 0 aliphatic rings. The molecule has 0 saturated heterocycles. The highest BCUT2D eigenvalue weighted by molar-refractivity contribution is 5.86. The first-order chi connectivity index (χ1) is 8.74. The quantitative estimate of drug-likeness (QED) is 0.524. The third-order valence-electron chi connectivity index (χ3n) is 3.25. The van der Waals surface area contributed by atoms with Crippen LogP contribution in [0.15, 0.2) is 0 Å². The van der Waals surface area contributed by atoms with Gasteiger partial charge in [-0.25, -0.2) is 4.79 Å². The minimum atomic E-state index is -0.898. The average molecular weight is 273 g/mol. The molecular formula is C13H27N3O3. The van der Waals surface area contributed by atoms with Crippen molar-refractivity contribution in [2.24, 2.45) is 11.7 Å². The molecule has 5 N–H and O–H groups in total. The van der Waals surface area contributed by atoms with Crippen LogP contribution < -0.4 is 16.4 Å². The maximum Gasteiger partial charge on any atom is 0.312 e. The fraction of sp³-hybridized carbons (Fsp3) is 0.846. The Bertz CT molecular complexity index is 302. The zero-order valence-corrected chi connectivity index (χ0v) is 12.3. The maximum absolute atomic E-state index is 12.0. The van der Waals surface area contributed by atoms with Crippen LogP contribution >= 0.6 is 0 Å². The van der Waals surface area contributed by atoms with Gasteiger partial charge in [-0.2, -0.15) is 0 Å². The number of amides is 3. The van der Waals surface area contributed by atoms with Gasteiger partial charge in [0.1, 0.15) is 6.04 Å². The lowest BCUT2D eigenvalue weighted by atomic mass is 9.97. The lowest BCUT2D eigenvalue weighted by Crippen LogP contribution is -2.52. The fourth-order valence-corrected chi connectivity index (χ4v) is 1.75. The van der Waals surface area contributed by atoms with E-state index in [1.54, 1.807) is 0 Å². The molecule has 0 bridgehead atoms. The van der Waals surface area contributed by atoms with E-state index in [9.17, 15) is 14.7 Å². The van der Waals surface area contributed by atoms with E-state index in [-0.39, 0.29) is 18.4 Å². The molecule has 6 nitrogen and oxygen atoms in total. The zero-order valence-electron chi connectivity index (χ0n) is 12.3. The SMILES string of the molecule is CCC(O)(CC)CNC(=O)C(CC(C)C)NC(N)=O. The molecule has 6 heteroatoms. The Balaban J connectivity index is 4.51. The van der Waals surface area contributed by atoms with Crippen LogP contribution in [-0.2, 0) is 4.79 Å². The molecule has 0 heterocycles. The van der Waals surface area contributed by atoms with E-state index in [1.165, 1.54) is 0 Å². The van der Waals surface area contributed by atoms with Gasteiger partial charge in [-0.1, -0.05) is 27.7 Å². The number of carbonyl (C=O) groups is 2. The first-order valence-electron chi connectivity index (χ1n) is 6.80. The minimum Gasteiger partial charge on any atom is -0.388 e. The molecule has 3 amide bonds. The minimum absolute atomic E-state index is 0.174.